The number of aryl methyl sites for hydroxylation is 4. The van der Waals surface area contributed by atoms with E-state index in [2.05, 4.69) is 154 Å². The molecule has 0 saturated carbocycles. The molecule has 0 amide bonds. The van der Waals surface area contributed by atoms with Gasteiger partial charge in [0, 0.05) is 0 Å². The molecule has 0 N–H and O–H groups in total. The number of fused-ring (bicyclic) bond motifs is 3. The Morgan fingerprint density at radius 3 is 1.65 bits per heavy atom. The summed E-state index contributed by atoms with van der Waals surface area (Å²) in [6.45, 7) is 23.3. The second-order valence-corrected chi connectivity index (χ2v) is 21.3. The van der Waals surface area contributed by atoms with E-state index in [4.69, 9.17) is 0 Å². The van der Waals surface area contributed by atoms with E-state index in [0.717, 1.165) is 12.8 Å². The molecule has 0 aromatic heterocycles. The fourth-order valence-corrected chi connectivity index (χ4v) is 16.3. The average Bonchev–Trinajstić information content (AvgIpc) is 3.57. The standard InChI is InChI=1S/C21H25.C17H18.C5H5.2ClH.Zr/c1-20(2,3)16-7-9-18-14(12-16)11-15-13-17(21(4,5)6)8-10-19(15)18;1-12-5-13(2)8-16(7-12)11-17-9-14(3)6-15(4)10-17;1-2-4-5-3-1;;;/h7-10,12H,11H2,1-6H3;5-10H,1-4H3;1-3H,4H2;2*1H;/q;;;;;+2/p-2. The van der Waals surface area contributed by atoms with Crippen LogP contribution in [0.4, 0.5) is 0 Å². The first-order valence-electron chi connectivity index (χ1n) is 16.3. The molecule has 0 radical (unpaired) electrons. The third-order valence-corrected chi connectivity index (χ3v) is 17.1. The minimum atomic E-state index is -2.81. The van der Waals surface area contributed by atoms with E-state index in [-0.39, 0.29) is 35.6 Å². The van der Waals surface area contributed by atoms with Crippen molar-refractivity contribution in [3.63, 3.8) is 0 Å². The normalized spacial score (nSPS) is 13.2. The minimum absolute atomic E-state index is 0. The first kappa shape index (κ1) is 36.5. The predicted octanol–water partition coefficient (Wildman–Crippen LogP) is 4.45. The molecule has 0 bridgehead atoms. The Morgan fingerprint density at radius 1 is 0.630 bits per heavy atom. The Kier molecular flexibility index (Phi) is 10.9. The first-order valence-corrected chi connectivity index (χ1v) is 20.0. The first-order chi connectivity index (χ1) is 20.7. The maximum atomic E-state index is 2.51. The van der Waals surface area contributed by atoms with Crippen LogP contribution < -0.4 is 28.1 Å². The summed E-state index contributed by atoms with van der Waals surface area (Å²) in [4.78, 5) is 0. The summed E-state index contributed by atoms with van der Waals surface area (Å²) < 4.78 is 5.03. The summed E-state index contributed by atoms with van der Waals surface area (Å²) in [7, 11) is 0. The predicted molar refractivity (Wildman–Crippen MR) is 189 cm³/mol. The van der Waals surface area contributed by atoms with Crippen molar-refractivity contribution in [2.75, 3.05) is 0 Å². The number of allylic oxidation sites excluding steroid dienone is 4. The molecule has 0 nitrogen and oxygen atoms in total. The van der Waals surface area contributed by atoms with Gasteiger partial charge in [-0.15, -0.1) is 0 Å². The Labute approximate surface area is 298 Å². The van der Waals surface area contributed by atoms with E-state index in [1.165, 1.54) is 55.6 Å². The van der Waals surface area contributed by atoms with E-state index in [1.54, 1.807) is 20.9 Å². The van der Waals surface area contributed by atoms with E-state index in [1.807, 2.05) is 0 Å². The van der Waals surface area contributed by atoms with Gasteiger partial charge >= 0.3 is 276 Å². The van der Waals surface area contributed by atoms with Crippen LogP contribution >= 0.6 is 0 Å². The molecule has 238 valence electrons. The average molecular weight is 727 g/mol. The van der Waals surface area contributed by atoms with Crippen LogP contribution in [0.1, 0.15) is 104 Å². The number of rotatable bonds is 4. The van der Waals surface area contributed by atoms with E-state index in [0.29, 0.717) is 0 Å². The molecule has 2 aliphatic rings. The van der Waals surface area contributed by atoms with Crippen LogP contribution in [-0.2, 0) is 38.5 Å². The van der Waals surface area contributed by atoms with Crippen LogP contribution in [0.15, 0.2) is 88.2 Å². The van der Waals surface area contributed by atoms with Crippen molar-refractivity contribution in [3.05, 3.63) is 144 Å². The molecule has 0 unspecified atom stereocenters. The van der Waals surface area contributed by atoms with Gasteiger partial charge in [0.2, 0.25) is 0 Å². The second-order valence-electron chi connectivity index (χ2n) is 15.4. The fraction of sp³-hybridized carbons (Fsp3) is 0.326. The largest absolute Gasteiger partial charge is 1.00 e. The number of halogens is 2. The van der Waals surface area contributed by atoms with Crippen molar-refractivity contribution in [1.82, 2.24) is 0 Å². The Bertz CT molecular complexity index is 1810. The molecule has 0 atom stereocenters. The molecule has 0 saturated heterocycles. The Balaban J connectivity index is 0.00000240. The smallest absolute Gasteiger partial charge is 1.00 e. The summed E-state index contributed by atoms with van der Waals surface area (Å²) in [6.07, 6.45) is 9.31. The van der Waals surface area contributed by atoms with E-state index < -0.39 is 21.3 Å². The number of hydrogen-bond donors (Lipinski definition) is 0. The van der Waals surface area contributed by atoms with Gasteiger partial charge in [-0.3, -0.25) is 0 Å². The maximum absolute atomic E-state index is 2.81. The van der Waals surface area contributed by atoms with Gasteiger partial charge in [-0.25, -0.2) is 0 Å². The van der Waals surface area contributed by atoms with Gasteiger partial charge in [-0.2, -0.15) is 0 Å². The molecular formula is C43H48Cl2Zr. The fourth-order valence-electron chi connectivity index (χ4n) is 7.43. The molecule has 4 aromatic rings. The van der Waals surface area contributed by atoms with Gasteiger partial charge in [0.25, 0.3) is 0 Å². The van der Waals surface area contributed by atoms with Crippen molar-refractivity contribution < 1.29 is 46.1 Å². The van der Waals surface area contributed by atoms with Crippen molar-refractivity contribution in [1.29, 1.82) is 0 Å². The third-order valence-electron chi connectivity index (χ3n) is 9.36. The second kappa shape index (κ2) is 13.7. The van der Waals surface area contributed by atoms with Crippen LogP contribution in [0.25, 0.3) is 11.1 Å². The van der Waals surface area contributed by atoms with Crippen LogP contribution in [0.2, 0.25) is 0 Å². The van der Waals surface area contributed by atoms with Gasteiger partial charge in [-0.1, -0.05) is 0 Å². The van der Waals surface area contributed by atoms with Gasteiger partial charge in [-0.05, 0) is 0 Å². The Morgan fingerprint density at radius 2 is 1.17 bits per heavy atom. The van der Waals surface area contributed by atoms with Gasteiger partial charge in [0.05, 0.1) is 0 Å². The third kappa shape index (κ3) is 7.09. The van der Waals surface area contributed by atoms with Gasteiger partial charge < -0.3 is 24.8 Å². The molecule has 4 aromatic carbocycles. The molecule has 6 rings (SSSR count). The van der Waals surface area contributed by atoms with E-state index in [9.17, 15) is 0 Å². The molecule has 0 fully saturated rings. The van der Waals surface area contributed by atoms with Crippen LogP contribution in [0.5, 0.6) is 0 Å². The summed E-state index contributed by atoms with van der Waals surface area (Å²) in [5, 5.41) is 0. The summed E-state index contributed by atoms with van der Waals surface area (Å²) in [5.41, 5.74) is 17.4. The topological polar surface area (TPSA) is 0 Å². The minimum Gasteiger partial charge on any atom is -1.00 e. The van der Waals surface area contributed by atoms with Gasteiger partial charge in [0.1, 0.15) is 0 Å². The van der Waals surface area contributed by atoms with Crippen LogP contribution in [0, 0.1) is 27.7 Å². The number of hydrogen-bond acceptors (Lipinski definition) is 0. The zero-order valence-corrected chi connectivity index (χ0v) is 33.2. The Hall–Kier alpha value is -2.31. The van der Waals surface area contributed by atoms with Crippen LogP contribution in [-0.4, -0.2) is 3.21 Å². The molecular weight excluding hydrogens is 679 g/mol. The summed E-state index contributed by atoms with van der Waals surface area (Å²) in [5.74, 6) is 0. The molecule has 2 aliphatic carbocycles. The molecule has 46 heavy (non-hydrogen) atoms. The SMILES string of the molecule is Cc1cc(C)cc([C](c2cc(C)cc(C)c2)=[Zr+2]([C]2=CC=CC2)[c]2c(C(C)(C)C)ccc3c2Cc2cc(C(C)(C)C)ccc2-3)c1.[Cl-].[Cl-]. The summed E-state index contributed by atoms with van der Waals surface area (Å²) in [6, 6.07) is 26.8. The zero-order valence-electron chi connectivity index (χ0n) is 29.3. The molecule has 0 aliphatic heterocycles. The zero-order chi connectivity index (χ0) is 31.6. The van der Waals surface area contributed by atoms with Gasteiger partial charge in [0.15, 0.2) is 0 Å². The van der Waals surface area contributed by atoms with Crippen molar-refractivity contribution >= 4 is 6.48 Å². The number of benzene rings is 4. The van der Waals surface area contributed by atoms with E-state index >= 15 is 0 Å². The molecule has 0 spiro atoms. The summed E-state index contributed by atoms with van der Waals surface area (Å²) >= 11 is -2.81. The van der Waals surface area contributed by atoms with Crippen molar-refractivity contribution in [3.8, 4) is 11.1 Å². The van der Waals surface area contributed by atoms with Crippen molar-refractivity contribution in [2.24, 2.45) is 0 Å². The maximum Gasteiger partial charge on any atom is -1.00 e. The molecule has 0 heterocycles. The van der Waals surface area contributed by atoms with Crippen molar-refractivity contribution in [2.45, 2.75) is 92.9 Å². The van der Waals surface area contributed by atoms with Crippen LogP contribution in [0.3, 0.4) is 0 Å². The quantitative estimate of drug-likeness (QED) is 0.257. The molecule has 3 heteroatoms. The monoisotopic (exact) mass is 724 g/mol.